The molecule has 0 saturated carbocycles. The lowest BCUT2D eigenvalue weighted by Gasteiger charge is -2.05. The number of esters is 1. The maximum absolute atomic E-state index is 13.8. The van der Waals surface area contributed by atoms with Crippen LogP contribution in [0.3, 0.4) is 0 Å². The number of fused-ring (bicyclic) bond motifs is 1. The average molecular weight is 232 g/mol. The van der Waals surface area contributed by atoms with Gasteiger partial charge in [-0.15, -0.1) is 0 Å². The largest absolute Gasteiger partial charge is 0.469 e. The summed E-state index contributed by atoms with van der Waals surface area (Å²) in [4.78, 5) is 11.1. The molecule has 0 aliphatic rings. The van der Waals surface area contributed by atoms with Crippen LogP contribution in [0.15, 0.2) is 30.3 Å². The number of ether oxygens (including phenoxy) is 1. The minimum absolute atomic E-state index is 0.0945. The first-order valence-electron chi connectivity index (χ1n) is 5.36. The Balaban J connectivity index is 2.48. The Morgan fingerprint density at radius 3 is 2.76 bits per heavy atom. The molecule has 0 unspecified atom stereocenters. The monoisotopic (exact) mass is 232 g/mol. The van der Waals surface area contributed by atoms with Gasteiger partial charge in [0.2, 0.25) is 0 Å². The fraction of sp³-hybridized carbons (Fsp3) is 0.214. The zero-order valence-corrected chi connectivity index (χ0v) is 9.79. The summed E-state index contributed by atoms with van der Waals surface area (Å²) in [5, 5.41) is 1.38. The number of carbonyl (C=O) groups is 1. The molecule has 0 bridgehead atoms. The van der Waals surface area contributed by atoms with E-state index in [0.717, 1.165) is 10.9 Å². The third-order valence-corrected chi connectivity index (χ3v) is 2.70. The summed E-state index contributed by atoms with van der Waals surface area (Å²) in [5.74, 6) is -0.666. The summed E-state index contributed by atoms with van der Waals surface area (Å²) in [7, 11) is 1.32. The minimum Gasteiger partial charge on any atom is -0.469 e. The summed E-state index contributed by atoms with van der Waals surface area (Å²) in [6.07, 6.45) is 0.0945. The molecular formula is C14H13FO2. The third-order valence-electron chi connectivity index (χ3n) is 2.70. The maximum Gasteiger partial charge on any atom is 0.309 e. The number of hydrogen-bond acceptors (Lipinski definition) is 2. The molecule has 0 atom stereocenters. The van der Waals surface area contributed by atoms with Crippen molar-refractivity contribution in [3.05, 3.63) is 47.3 Å². The number of halogens is 1. The van der Waals surface area contributed by atoms with E-state index in [0.29, 0.717) is 10.9 Å². The second-order valence-electron chi connectivity index (χ2n) is 4.06. The van der Waals surface area contributed by atoms with Gasteiger partial charge in [0.1, 0.15) is 5.82 Å². The van der Waals surface area contributed by atoms with Gasteiger partial charge in [-0.25, -0.2) is 4.39 Å². The second kappa shape index (κ2) is 4.53. The number of rotatable bonds is 2. The van der Waals surface area contributed by atoms with E-state index in [1.54, 1.807) is 6.07 Å². The first-order valence-corrected chi connectivity index (χ1v) is 5.36. The molecule has 0 heterocycles. The number of aryl methyl sites for hydroxylation is 1. The predicted octanol–water partition coefficient (Wildman–Crippen LogP) is 3.00. The van der Waals surface area contributed by atoms with Crippen LogP contribution in [-0.2, 0) is 16.0 Å². The molecule has 0 saturated heterocycles. The smallest absolute Gasteiger partial charge is 0.309 e. The molecule has 0 N–H and O–H groups in total. The Morgan fingerprint density at radius 2 is 2.06 bits per heavy atom. The van der Waals surface area contributed by atoms with Gasteiger partial charge in [-0.3, -0.25) is 4.79 Å². The minimum atomic E-state index is -0.365. The van der Waals surface area contributed by atoms with Crippen molar-refractivity contribution in [2.24, 2.45) is 0 Å². The molecule has 0 aliphatic carbocycles. The Hall–Kier alpha value is -1.90. The van der Waals surface area contributed by atoms with Crippen LogP contribution in [0.25, 0.3) is 10.8 Å². The van der Waals surface area contributed by atoms with E-state index in [2.05, 4.69) is 4.74 Å². The summed E-state index contributed by atoms with van der Waals surface area (Å²) in [6.45, 7) is 1.92. The molecule has 0 aromatic heterocycles. The topological polar surface area (TPSA) is 26.3 Å². The van der Waals surface area contributed by atoms with Gasteiger partial charge in [0.05, 0.1) is 13.5 Å². The van der Waals surface area contributed by atoms with Crippen LogP contribution in [0, 0.1) is 12.7 Å². The van der Waals surface area contributed by atoms with Crippen LogP contribution in [-0.4, -0.2) is 13.1 Å². The molecule has 2 aromatic carbocycles. The standard InChI is InChI=1S/C14H13FO2/c1-9-3-4-11-6-10(8-14(16)17-2)7-13(15)12(11)5-9/h3-7H,8H2,1-2H3. The zero-order chi connectivity index (χ0) is 12.4. The van der Waals surface area contributed by atoms with Crippen molar-refractivity contribution in [1.82, 2.24) is 0 Å². The van der Waals surface area contributed by atoms with E-state index in [1.165, 1.54) is 13.2 Å². The van der Waals surface area contributed by atoms with Gasteiger partial charge >= 0.3 is 5.97 Å². The van der Waals surface area contributed by atoms with Gasteiger partial charge in [0.15, 0.2) is 0 Å². The first-order chi connectivity index (χ1) is 8.10. The van der Waals surface area contributed by atoms with E-state index in [9.17, 15) is 9.18 Å². The van der Waals surface area contributed by atoms with Crippen LogP contribution in [0.4, 0.5) is 4.39 Å². The quantitative estimate of drug-likeness (QED) is 0.744. The van der Waals surface area contributed by atoms with Crippen LogP contribution in [0.5, 0.6) is 0 Å². The highest BCUT2D eigenvalue weighted by Crippen LogP contribution is 2.21. The lowest BCUT2D eigenvalue weighted by molar-refractivity contribution is -0.139. The lowest BCUT2D eigenvalue weighted by Crippen LogP contribution is -2.04. The van der Waals surface area contributed by atoms with Gasteiger partial charge in [-0.05, 0) is 30.0 Å². The molecule has 0 aliphatic heterocycles. The molecule has 2 aromatic rings. The van der Waals surface area contributed by atoms with Crippen molar-refractivity contribution in [2.75, 3.05) is 7.11 Å². The van der Waals surface area contributed by atoms with E-state index >= 15 is 0 Å². The van der Waals surface area contributed by atoms with Crippen LogP contribution < -0.4 is 0 Å². The van der Waals surface area contributed by atoms with E-state index < -0.39 is 0 Å². The van der Waals surface area contributed by atoms with Gasteiger partial charge in [-0.2, -0.15) is 0 Å². The highest BCUT2D eigenvalue weighted by Gasteiger charge is 2.08. The molecule has 3 heteroatoms. The van der Waals surface area contributed by atoms with Gasteiger partial charge in [0, 0.05) is 5.39 Å². The molecule has 17 heavy (non-hydrogen) atoms. The second-order valence-corrected chi connectivity index (χ2v) is 4.06. The molecule has 0 spiro atoms. The fourth-order valence-corrected chi connectivity index (χ4v) is 1.83. The first kappa shape index (κ1) is 11.6. The average Bonchev–Trinajstić information content (AvgIpc) is 2.30. The zero-order valence-electron chi connectivity index (χ0n) is 9.79. The molecule has 0 radical (unpaired) electrons. The number of hydrogen-bond donors (Lipinski definition) is 0. The van der Waals surface area contributed by atoms with E-state index in [4.69, 9.17) is 0 Å². The number of methoxy groups -OCH3 is 1. The van der Waals surface area contributed by atoms with Crippen molar-refractivity contribution < 1.29 is 13.9 Å². The van der Waals surface area contributed by atoms with Crippen molar-refractivity contribution >= 4 is 16.7 Å². The Bertz CT molecular complexity index is 576. The van der Waals surface area contributed by atoms with Crippen molar-refractivity contribution in [3.63, 3.8) is 0 Å². The van der Waals surface area contributed by atoms with Crippen LogP contribution >= 0.6 is 0 Å². The van der Waals surface area contributed by atoms with Crippen LogP contribution in [0.2, 0.25) is 0 Å². The Morgan fingerprint density at radius 1 is 1.29 bits per heavy atom. The molecule has 0 fully saturated rings. The molecule has 88 valence electrons. The fourth-order valence-electron chi connectivity index (χ4n) is 1.83. The normalized spacial score (nSPS) is 10.5. The van der Waals surface area contributed by atoms with Gasteiger partial charge in [-0.1, -0.05) is 23.8 Å². The van der Waals surface area contributed by atoms with Gasteiger partial charge < -0.3 is 4.74 Å². The number of benzene rings is 2. The summed E-state index contributed by atoms with van der Waals surface area (Å²) in [5.41, 5.74) is 1.64. The third kappa shape index (κ3) is 2.44. The molecular weight excluding hydrogens is 219 g/mol. The van der Waals surface area contributed by atoms with Crippen LogP contribution in [0.1, 0.15) is 11.1 Å². The predicted molar refractivity (Wildman–Crippen MR) is 64.4 cm³/mol. The van der Waals surface area contributed by atoms with E-state index in [-0.39, 0.29) is 18.2 Å². The molecule has 0 amide bonds. The highest BCUT2D eigenvalue weighted by atomic mass is 19.1. The Labute approximate surface area is 99.0 Å². The maximum atomic E-state index is 13.8. The van der Waals surface area contributed by atoms with E-state index in [1.807, 2.05) is 25.1 Å². The van der Waals surface area contributed by atoms with Gasteiger partial charge in [0.25, 0.3) is 0 Å². The molecule has 2 rings (SSSR count). The Kier molecular flexibility index (Phi) is 3.09. The van der Waals surface area contributed by atoms with Crippen molar-refractivity contribution in [3.8, 4) is 0 Å². The summed E-state index contributed by atoms with van der Waals surface area (Å²) in [6, 6.07) is 8.78. The van der Waals surface area contributed by atoms with Crippen molar-refractivity contribution in [2.45, 2.75) is 13.3 Å². The SMILES string of the molecule is COC(=O)Cc1cc(F)c2cc(C)ccc2c1. The lowest BCUT2D eigenvalue weighted by atomic mass is 10.0. The molecule has 2 nitrogen and oxygen atoms in total. The van der Waals surface area contributed by atoms with Crippen molar-refractivity contribution in [1.29, 1.82) is 0 Å². The number of carbonyl (C=O) groups excluding carboxylic acids is 1. The summed E-state index contributed by atoms with van der Waals surface area (Å²) < 4.78 is 18.4. The summed E-state index contributed by atoms with van der Waals surface area (Å²) >= 11 is 0. The highest BCUT2D eigenvalue weighted by molar-refractivity contribution is 5.85.